The molecule has 0 fully saturated rings. The Labute approximate surface area is 103 Å². The van der Waals surface area contributed by atoms with Crippen LogP contribution in [0.4, 0.5) is 5.69 Å². The van der Waals surface area contributed by atoms with Crippen molar-refractivity contribution in [2.75, 3.05) is 32.1 Å². The smallest absolute Gasteiger partial charge is 0.277 e. The molecule has 0 saturated heterocycles. The van der Waals surface area contributed by atoms with E-state index in [-0.39, 0.29) is 5.91 Å². The molecule has 1 amide bonds. The third-order valence-electron chi connectivity index (χ3n) is 2.80. The number of hydroxylamine groups is 2. The second-order valence-electron chi connectivity index (χ2n) is 3.70. The molecular formula is C13H20N2O2. The number of carbonyl (C=O) groups excluding carboxylic acids is 1. The van der Waals surface area contributed by atoms with Gasteiger partial charge >= 0.3 is 0 Å². The molecule has 4 heteroatoms. The average molecular weight is 236 g/mol. The van der Waals surface area contributed by atoms with Gasteiger partial charge in [-0.15, -0.1) is 0 Å². The van der Waals surface area contributed by atoms with E-state index in [1.165, 1.54) is 12.2 Å². The molecule has 0 heterocycles. The number of nitrogens with zero attached hydrogens (tertiary/aromatic N) is 2. The Kier molecular flexibility index (Phi) is 4.97. The monoisotopic (exact) mass is 236 g/mol. The summed E-state index contributed by atoms with van der Waals surface area (Å²) < 4.78 is 0. The van der Waals surface area contributed by atoms with Crippen LogP contribution in [0.5, 0.6) is 0 Å². The standard InChI is InChI=1S/C13H20N2O2/c1-5-15(6-2)12-9-7-11(8-10-12)13(16)14(3)17-4/h7-10H,5-6H2,1-4H3. The topological polar surface area (TPSA) is 32.8 Å². The Balaban J connectivity index is 2.84. The molecule has 0 atom stereocenters. The van der Waals surface area contributed by atoms with Gasteiger partial charge in [-0.05, 0) is 38.1 Å². The summed E-state index contributed by atoms with van der Waals surface area (Å²) in [6, 6.07) is 7.57. The zero-order valence-electron chi connectivity index (χ0n) is 10.9. The molecule has 0 radical (unpaired) electrons. The van der Waals surface area contributed by atoms with Crippen LogP contribution in [0.25, 0.3) is 0 Å². The lowest BCUT2D eigenvalue weighted by Crippen LogP contribution is -2.25. The summed E-state index contributed by atoms with van der Waals surface area (Å²) in [7, 11) is 3.07. The van der Waals surface area contributed by atoms with Crippen LogP contribution in [0, 0.1) is 0 Å². The van der Waals surface area contributed by atoms with Gasteiger partial charge in [0.05, 0.1) is 7.11 Å². The zero-order chi connectivity index (χ0) is 12.8. The van der Waals surface area contributed by atoms with Crippen LogP contribution in [0.2, 0.25) is 0 Å². The van der Waals surface area contributed by atoms with Crippen LogP contribution in [-0.2, 0) is 4.84 Å². The number of benzene rings is 1. The highest BCUT2D eigenvalue weighted by atomic mass is 16.7. The molecule has 1 aromatic carbocycles. The maximum Gasteiger partial charge on any atom is 0.277 e. The predicted molar refractivity (Wildman–Crippen MR) is 69.1 cm³/mol. The third-order valence-corrected chi connectivity index (χ3v) is 2.80. The van der Waals surface area contributed by atoms with Crippen LogP contribution in [-0.4, -0.2) is 38.2 Å². The Morgan fingerprint density at radius 3 is 2.12 bits per heavy atom. The van der Waals surface area contributed by atoms with Gasteiger partial charge < -0.3 is 4.90 Å². The minimum absolute atomic E-state index is 0.140. The number of hydrogen-bond acceptors (Lipinski definition) is 3. The summed E-state index contributed by atoms with van der Waals surface area (Å²) in [4.78, 5) is 18.9. The van der Waals surface area contributed by atoms with E-state index in [9.17, 15) is 4.79 Å². The molecule has 0 aromatic heterocycles. The lowest BCUT2D eigenvalue weighted by Gasteiger charge is -2.21. The van der Waals surface area contributed by atoms with Crippen LogP contribution in [0.3, 0.4) is 0 Å². The van der Waals surface area contributed by atoms with Gasteiger partial charge in [-0.1, -0.05) is 0 Å². The van der Waals surface area contributed by atoms with Crippen molar-refractivity contribution in [2.24, 2.45) is 0 Å². The van der Waals surface area contributed by atoms with Crippen LogP contribution in [0.15, 0.2) is 24.3 Å². The molecule has 17 heavy (non-hydrogen) atoms. The van der Waals surface area contributed by atoms with Gasteiger partial charge in [0, 0.05) is 31.4 Å². The van der Waals surface area contributed by atoms with Gasteiger partial charge in [0.25, 0.3) is 5.91 Å². The van der Waals surface area contributed by atoms with E-state index >= 15 is 0 Å². The number of rotatable bonds is 5. The lowest BCUT2D eigenvalue weighted by molar-refractivity contribution is -0.0756. The minimum atomic E-state index is -0.140. The molecule has 1 aromatic rings. The van der Waals surface area contributed by atoms with Crippen molar-refractivity contribution < 1.29 is 9.63 Å². The quantitative estimate of drug-likeness (QED) is 0.734. The average Bonchev–Trinajstić information content (AvgIpc) is 2.39. The highest BCUT2D eigenvalue weighted by Gasteiger charge is 2.11. The van der Waals surface area contributed by atoms with E-state index in [0.717, 1.165) is 18.8 Å². The van der Waals surface area contributed by atoms with Crippen molar-refractivity contribution in [3.63, 3.8) is 0 Å². The fraction of sp³-hybridized carbons (Fsp3) is 0.462. The van der Waals surface area contributed by atoms with Crippen LogP contribution < -0.4 is 4.90 Å². The first-order valence-electron chi connectivity index (χ1n) is 5.81. The first-order chi connectivity index (χ1) is 8.13. The normalized spacial score (nSPS) is 10.1. The SMILES string of the molecule is CCN(CC)c1ccc(C(=O)N(C)OC)cc1. The van der Waals surface area contributed by atoms with Gasteiger partial charge in [-0.25, -0.2) is 5.06 Å². The largest absolute Gasteiger partial charge is 0.372 e. The summed E-state index contributed by atoms with van der Waals surface area (Å²) in [6.45, 7) is 6.14. The summed E-state index contributed by atoms with van der Waals surface area (Å²) in [5.41, 5.74) is 1.76. The van der Waals surface area contributed by atoms with Gasteiger partial charge in [0.1, 0.15) is 0 Å². The molecule has 4 nitrogen and oxygen atoms in total. The Morgan fingerprint density at radius 2 is 1.71 bits per heavy atom. The van der Waals surface area contributed by atoms with Crippen molar-refractivity contribution >= 4 is 11.6 Å². The number of carbonyl (C=O) groups is 1. The van der Waals surface area contributed by atoms with Crippen molar-refractivity contribution in [3.05, 3.63) is 29.8 Å². The second-order valence-corrected chi connectivity index (χ2v) is 3.70. The summed E-state index contributed by atoms with van der Waals surface area (Å²) in [6.07, 6.45) is 0. The van der Waals surface area contributed by atoms with E-state index in [4.69, 9.17) is 4.84 Å². The molecule has 0 aliphatic carbocycles. The number of hydrogen-bond donors (Lipinski definition) is 0. The Bertz CT molecular complexity index is 358. The van der Waals surface area contributed by atoms with E-state index in [2.05, 4.69) is 18.7 Å². The molecule has 0 aliphatic rings. The van der Waals surface area contributed by atoms with Gasteiger partial charge in [-0.3, -0.25) is 9.63 Å². The molecule has 0 bridgehead atoms. The number of amides is 1. The first-order valence-corrected chi connectivity index (χ1v) is 5.81. The summed E-state index contributed by atoms with van der Waals surface area (Å²) in [5.74, 6) is -0.140. The van der Waals surface area contributed by atoms with Crippen molar-refractivity contribution in [1.82, 2.24) is 5.06 Å². The predicted octanol–water partition coefficient (Wildman–Crippen LogP) is 2.17. The first kappa shape index (κ1) is 13.5. The molecule has 0 spiro atoms. The Hall–Kier alpha value is -1.55. The molecule has 0 unspecified atom stereocenters. The molecule has 1 rings (SSSR count). The van der Waals surface area contributed by atoms with Gasteiger partial charge in [-0.2, -0.15) is 0 Å². The van der Waals surface area contributed by atoms with Gasteiger partial charge in [0.2, 0.25) is 0 Å². The van der Waals surface area contributed by atoms with E-state index in [1.807, 2.05) is 24.3 Å². The maximum atomic E-state index is 11.8. The molecule has 0 saturated carbocycles. The maximum absolute atomic E-state index is 11.8. The highest BCUT2D eigenvalue weighted by Crippen LogP contribution is 2.15. The zero-order valence-corrected chi connectivity index (χ0v) is 10.9. The van der Waals surface area contributed by atoms with E-state index < -0.39 is 0 Å². The van der Waals surface area contributed by atoms with Gasteiger partial charge in [0.15, 0.2) is 0 Å². The second kappa shape index (κ2) is 6.25. The summed E-state index contributed by atoms with van der Waals surface area (Å²) >= 11 is 0. The van der Waals surface area contributed by atoms with Crippen molar-refractivity contribution in [1.29, 1.82) is 0 Å². The van der Waals surface area contributed by atoms with Crippen LogP contribution in [0.1, 0.15) is 24.2 Å². The molecule has 0 N–H and O–H groups in total. The molecular weight excluding hydrogens is 216 g/mol. The fourth-order valence-electron chi connectivity index (χ4n) is 1.67. The van der Waals surface area contributed by atoms with Crippen LogP contribution >= 0.6 is 0 Å². The Morgan fingerprint density at radius 1 is 1.18 bits per heavy atom. The third kappa shape index (κ3) is 3.20. The summed E-state index contributed by atoms with van der Waals surface area (Å²) in [5, 5.41) is 1.21. The van der Waals surface area contributed by atoms with E-state index in [1.54, 1.807) is 7.05 Å². The van der Waals surface area contributed by atoms with Crippen molar-refractivity contribution in [3.8, 4) is 0 Å². The minimum Gasteiger partial charge on any atom is -0.372 e. The fourth-order valence-corrected chi connectivity index (χ4v) is 1.67. The molecule has 0 aliphatic heterocycles. The van der Waals surface area contributed by atoms with E-state index in [0.29, 0.717) is 5.56 Å². The van der Waals surface area contributed by atoms with Crippen molar-refractivity contribution in [2.45, 2.75) is 13.8 Å². The highest BCUT2D eigenvalue weighted by molar-refractivity contribution is 5.93. The number of anilines is 1. The lowest BCUT2D eigenvalue weighted by atomic mass is 10.2. The molecule has 94 valence electrons.